The summed E-state index contributed by atoms with van der Waals surface area (Å²) >= 11 is 5.88. The Kier molecular flexibility index (Phi) is 4.48. The Balaban J connectivity index is 2.04. The molecule has 0 aliphatic rings. The number of carbonyl (C=O) groups excluding carboxylic acids is 1. The van der Waals surface area contributed by atoms with Gasteiger partial charge in [-0.15, -0.1) is 0 Å². The van der Waals surface area contributed by atoms with E-state index in [1.54, 1.807) is 30.3 Å². The van der Waals surface area contributed by atoms with Crippen molar-refractivity contribution < 1.29 is 9.53 Å². The number of halogens is 1. The van der Waals surface area contributed by atoms with E-state index in [1.165, 1.54) is 7.11 Å². The molecule has 0 radical (unpaired) electrons. The second-order valence-electron chi connectivity index (χ2n) is 4.31. The summed E-state index contributed by atoms with van der Waals surface area (Å²) in [6.45, 7) is 0. The number of anilines is 2. The molecule has 0 spiro atoms. The normalized spacial score (nSPS) is 10.1. The zero-order valence-corrected chi connectivity index (χ0v) is 11.8. The molecule has 0 saturated carbocycles. The van der Waals surface area contributed by atoms with Crippen LogP contribution in [0.4, 0.5) is 11.4 Å². The summed E-state index contributed by atoms with van der Waals surface area (Å²) in [7, 11) is 1.53. The number of nitrogen functional groups attached to an aromatic ring is 1. The topological polar surface area (TPSA) is 64.3 Å². The standard InChI is InChI=1S/C15H15ClN2O2/c1-20-14-9-12(5-6-13(14)17)18-15(19)8-10-3-2-4-11(16)7-10/h2-7,9H,8,17H2,1H3,(H,18,19). The number of amides is 1. The van der Waals surface area contributed by atoms with E-state index >= 15 is 0 Å². The van der Waals surface area contributed by atoms with Crippen LogP contribution in [-0.2, 0) is 11.2 Å². The molecule has 0 aliphatic heterocycles. The summed E-state index contributed by atoms with van der Waals surface area (Å²) in [5, 5.41) is 3.41. The summed E-state index contributed by atoms with van der Waals surface area (Å²) in [5.74, 6) is 0.407. The van der Waals surface area contributed by atoms with E-state index in [9.17, 15) is 4.79 Å². The average molecular weight is 291 g/mol. The number of benzene rings is 2. The van der Waals surface area contributed by atoms with Crippen LogP contribution in [0.3, 0.4) is 0 Å². The van der Waals surface area contributed by atoms with Gasteiger partial charge in [0.25, 0.3) is 0 Å². The fourth-order valence-corrected chi connectivity index (χ4v) is 2.04. The molecule has 0 unspecified atom stereocenters. The Morgan fingerprint density at radius 1 is 1.30 bits per heavy atom. The third-order valence-electron chi connectivity index (χ3n) is 2.77. The Bertz CT molecular complexity index is 629. The monoisotopic (exact) mass is 290 g/mol. The second kappa shape index (κ2) is 6.30. The molecule has 0 saturated heterocycles. The van der Waals surface area contributed by atoms with E-state index in [-0.39, 0.29) is 12.3 Å². The van der Waals surface area contributed by atoms with Crippen LogP contribution in [0, 0.1) is 0 Å². The first-order valence-corrected chi connectivity index (χ1v) is 6.44. The van der Waals surface area contributed by atoms with Crippen LogP contribution in [0.1, 0.15) is 5.56 Å². The van der Waals surface area contributed by atoms with Crippen LogP contribution in [0.5, 0.6) is 5.75 Å². The highest BCUT2D eigenvalue weighted by molar-refractivity contribution is 6.30. The van der Waals surface area contributed by atoms with Crippen molar-refractivity contribution in [1.82, 2.24) is 0 Å². The van der Waals surface area contributed by atoms with Crippen LogP contribution in [0.2, 0.25) is 5.02 Å². The number of ether oxygens (including phenoxy) is 1. The van der Waals surface area contributed by atoms with Crippen molar-refractivity contribution in [3.05, 3.63) is 53.1 Å². The van der Waals surface area contributed by atoms with Crippen molar-refractivity contribution in [2.75, 3.05) is 18.2 Å². The lowest BCUT2D eigenvalue weighted by atomic mass is 10.1. The predicted octanol–water partition coefficient (Wildman–Crippen LogP) is 3.11. The third-order valence-corrected chi connectivity index (χ3v) is 3.01. The van der Waals surface area contributed by atoms with E-state index in [2.05, 4.69) is 5.32 Å². The maximum Gasteiger partial charge on any atom is 0.228 e. The third kappa shape index (κ3) is 3.65. The predicted molar refractivity (Wildman–Crippen MR) is 81.2 cm³/mol. The molecule has 4 nitrogen and oxygen atoms in total. The number of rotatable bonds is 4. The molecule has 0 aromatic heterocycles. The van der Waals surface area contributed by atoms with E-state index in [0.29, 0.717) is 22.1 Å². The molecule has 1 amide bonds. The molecule has 0 atom stereocenters. The summed E-state index contributed by atoms with van der Waals surface area (Å²) < 4.78 is 5.11. The fourth-order valence-electron chi connectivity index (χ4n) is 1.83. The average Bonchev–Trinajstić information content (AvgIpc) is 2.41. The van der Waals surface area contributed by atoms with Gasteiger partial charge in [-0.05, 0) is 29.8 Å². The molecule has 2 rings (SSSR count). The van der Waals surface area contributed by atoms with E-state index in [0.717, 1.165) is 5.56 Å². The Morgan fingerprint density at radius 3 is 2.80 bits per heavy atom. The van der Waals surface area contributed by atoms with Crippen LogP contribution in [-0.4, -0.2) is 13.0 Å². The van der Waals surface area contributed by atoms with Gasteiger partial charge in [0.2, 0.25) is 5.91 Å². The van der Waals surface area contributed by atoms with Crippen molar-refractivity contribution in [3.8, 4) is 5.75 Å². The van der Waals surface area contributed by atoms with Gasteiger partial charge in [0, 0.05) is 16.8 Å². The van der Waals surface area contributed by atoms with E-state index < -0.39 is 0 Å². The number of nitrogens with two attached hydrogens (primary N) is 1. The van der Waals surface area contributed by atoms with Gasteiger partial charge in [0.1, 0.15) is 5.75 Å². The van der Waals surface area contributed by atoms with Crippen molar-refractivity contribution in [1.29, 1.82) is 0 Å². The van der Waals surface area contributed by atoms with Crippen molar-refractivity contribution in [3.63, 3.8) is 0 Å². The zero-order chi connectivity index (χ0) is 14.5. The Hall–Kier alpha value is -2.20. The van der Waals surface area contributed by atoms with Crippen molar-refractivity contribution >= 4 is 28.9 Å². The zero-order valence-electron chi connectivity index (χ0n) is 11.0. The molecule has 0 bridgehead atoms. The minimum Gasteiger partial charge on any atom is -0.495 e. The molecule has 20 heavy (non-hydrogen) atoms. The molecular formula is C15H15ClN2O2. The van der Waals surface area contributed by atoms with Crippen LogP contribution in [0.15, 0.2) is 42.5 Å². The van der Waals surface area contributed by atoms with Gasteiger partial charge in [-0.3, -0.25) is 4.79 Å². The van der Waals surface area contributed by atoms with Crippen molar-refractivity contribution in [2.45, 2.75) is 6.42 Å². The number of hydrogen-bond acceptors (Lipinski definition) is 3. The maximum absolute atomic E-state index is 12.0. The largest absolute Gasteiger partial charge is 0.495 e. The van der Waals surface area contributed by atoms with Crippen LogP contribution in [0.25, 0.3) is 0 Å². The highest BCUT2D eigenvalue weighted by Crippen LogP contribution is 2.25. The van der Waals surface area contributed by atoms with Crippen molar-refractivity contribution in [2.24, 2.45) is 0 Å². The van der Waals surface area contributed by atoms with Crippen LogP contribution < -0.4 is 15.8 Å². The molecule has 2 aromatic carbocycles. The van der Waals surface area contributed by atoms with Gasteiger partial charge in [0.05, 0.1) is 19.2 Å². The lowest BCUT2D eigenvalue weighted by Gasteiger charge is -2.09. The first kappa shape index (κ1) is 14.2. The first-order chi connectivity index (χ1) is 9.58. The molecule has 0 aliphatic carbocycles. The summed E-state index contributed by atoms with van der Waals surface area (Å²) in [4.78, 5) is 12.0. The van der Waals surface area contributed by atoms with Gasteiger partial charge < -0.3 is 15.8 Å². The van der Waals surface area contributed by atoms with Crippen LogP contribution >= 0.6 is 11.6 Å². The lowest BCUT2D eigenvalue weighted by molar-refractivity contribution is -0.115. The second-order valence-corrected chi connectivity index (χ2v) is 4.75. The Morgan fingerprint density at radius 2 is 2.10 bits per heavy atom. The molecule has 3 N–H and O–H groups in total. The smallest absolute Gasteiger partial charge is 0.228 e. The van der Waals surface area contributed by atoms with E-state index in [1.807, 2.05) is 12.1 Å². The highest BCUT2D eigenvalue weighted by atomic mass is 35.5. The Labute approximate surface area is 122 Å². The summed E-state index contributed by atoms with van der Waals surface area (Å²) in [6.07, 6.45) is 0.257. The SMILES string of the molecule is COc1cc(NC(=O)Cc2cccc(Cl)c2)ccc1N. The summed E-state index contributed by atoms with van der Waals surface area (Å²) in [6, 6.07) is 12.3. The molecule has 104 valence electrons. The molecule has 2 aromatic rings. The quantitative estimate of drug-likeness (QED) is 0.850. The lowest BCUT2D eigenvalue weighted by Crippen LogP contribution is -2.14. The maximum atomic E-state index is 12.0. The molecule has 0 fully saturated rings. The van der Waals surface area contributed by atoms with Gasteiger partial charge in [-0.1, -0.05) is 23.7 Å². The van der Waals surface area contributed by atoms with Gasteiger partial charge >= 0.3 is 0 Å². The molecule has 5 heteroatoms. The highest BCUT2D eigenvalue weighted by Gasteiger charge is 2.06. The van der Waals surface area contributed by atoms with Gasteiger partial charge in [-0.25, -0.2) is 0 Å². The minimum absolute atomic E-state index is 0.126. The summed E-state index contributed by atoms with van der Waals surface area (Å²) in [5.41, 5.74) is 7.75. The van der Waals surface area contributed by atoms with E-state index in [4.69, 9.17) is 22.1 Å². The first-order valence-electron chi connectivity index (χ1n) is 6.06. The number of nitrogens with one attached hydrogen (secondary N) is 1. The minimum atomic E-state index is -0.126. The van der Waals surface area contributed by atoms with Gasteiger partial charge in [-0.2, -0.15) is 0 Å². The number of carbonyl (C=O) groups is 1. The fraction of sp³-hybridized carbons (Fsp3) is 0.133. The molecule has 0 heterocycles. The number of hydrogen-bond donors (Lipinski definition) is 2. The number of methoxy groups -OCH3 is 1. The van der Waals surface area contributed by atoms with Gasteiger partial charge in [0.15, 0.2) is 0 Å². The molecular weight excluding hydrogens is 276 g/mol.